The molecule has 1 saturated carbocycles. The molecule has 0 heterocycles. The number of hydrogen-bond acceptors (Lipinski definition) is 3. The van der Waals surface area contributed by atoms with Gasteiger partial charge < -0.3 is 20.5 Å². The Balaban J connectivity index is 1.71. The largest absolute Gasteiger partial charge is 0.497 e. The van der Waals surface area contributed by atoms with E-state index in [0.717, 1.165) is 43.4 Å². The van der Waals surface area contributed by atoms with Crippen molar-refractivity contribution in [2.45, 2.75) is 44.2 Å². The third-order valence-corrected chi connectivity index (χ3v) is 3.88. The molecule has 0 bridgehead atoms. The van der Waals surface area contributed by atoms with Crippen molar-refractivity contribution in [2.75, 3.05) is 13.7 Å². The van der Waals surface area contributed by atoms with Crippen molar-refractivity contribution in [3.05, 3.63) is 29.8 Å². The molecule has 3 N–H and O–H groups in total. The van der Waals surface area contributed by atoms with E-state index < -0.39 is 6.10 Å². The SMILES string of the molecule is COc1cccc(CCNC(=O)NC2CCCCC2O)c1. The van der Waals surface area contributed by atoms with E-state index >= 15 is 0 Å². The lowest BCUT2D eigenvalue weighted by Gasteiger charge is -2.28. The van der Waals surface area contributed by atoms with E-state index in [4.69, 9.17) is 4.74 Å². The molecule has 1 aliphatic rings. The second-order valence-corrected chi connectivity index (χ2v) is 5.46. The summed E-state index contributed by atoms with van der Waals surface area (Å²) in [5.74, 6) is 0.822. The van der Waals surface area contributed by atoms with Crippen LogP contribution < -0.4 is 15.4 Å². The summed E-state index contributed by atoms with van der Waals surface area (Å²) in [5, 5.41) is 15.5. The fourth-order valence-corrected chi connectivity index (χ4v) is 2.65. The maximum atomic E-state index is 11.8. The van der Waals surface area contributed by atoms with E-state index in [9.17, 15) is 9.90 Å². The third-order valence-electron chi connectivity index (χ3n) is 3.88. The van der Waals surface area contributed by atoms with Crippen molar-refractivity contribution in [1.29, 1.82) is 0 Å². The molecular formula is C16H24N2O3. The maximum Gasteiger partial charge on any atom is 0.315 e. The fourth-order valence-electron chi connectivity index (χ4n) is 2.65. The van der Waals surface area contributed by atoms with Crippen molar-refractivity contribution < 1.29 is 14.6 Å². The molecule has 1 aliphatic carbocycles. The fraction of sp³-hybridized carbons (Fsp3) is 0.562. The van der Waals surface area contributed by atoms with Crippen LogP contribution in [0.4, 0.5) is 4.79 Å². The van der Waals surface area contributed by atoms with Gasteiger partial charge in [-0.25, -0.2) is 4.79 Å². The highest BCUT2D eigenvalue weighted by molar-refractivity contribution is 5.74. The first-order chi connectivity index (χ1) is 10.2. The first-order valence-corrected chi connectivity index (χ1v) is 7.54. The summed E-state index contributed by atoms with van der Waals surface area (Å²) >= 11 is 0. The number of benzene rings is 1. The lowest BCUT2D eigenvalue weighted by molar-refractivity contribution is 0.0943. The second-order valence-electron chi connectivity index (χ2n) is 5.46. The van der Waals surface area contributed by atoms with E-state index in [1.807, 2.05) is 24.3 Å². The minimum atomic E-state index is -0.414. The summed E-state index contributed by atoms with van der Waals surface area (Å²) in [5.41, 5.74) is 1.12. The number of nitrogens with one attached hydrogen (secondary N) is 2. The summed E-state index contributed by atoms with van der Waals surface area (Å²) in [6.07, 6.45) is 4.06. The summed E-state index contributed by atoms with van der Waals surface area (Å²) in [6.45, 7) is 0.557. The van der Waals surface area contributed by atoms with Gasteiger partial charge in [0.05, 0.1) is 19.3 Å². The van der Waals surface area contributed by atoms with Gasteiger partial charge in [0.2, 0.25) is 0 Å². The van der Waals surface area contributed by atoms with E-state index in [1.165, 1.54) is 0 Å². The van der Waals surface area contributed by atoms with Crippen LogP contribution in [-0.4, -0.2) is 36.9 Å². The van der Waals surface area contributed by atoms with Crippen LogP contribution in [0, 0.1) is 0 Å². The highest BCUT2D eigenvalue weighted by Crippen LogP contribution is 2.18. The molecule has 2 amide bonds. The molecule has 5 heteroatoms. The van der Waals surface area contributed by atoms with E-state index in [0.29, 0.717) is 6.54 Å². The number of aliphatic hydroxyl groups excluding tert-OH is 1. The smallest absolute Gasteiger partial charge is 0.315 e. The minimum absolute atomic E-state index is 0.115. The van der Waals surface area contributed by atoms with Gasteiger partial charge in [-0.3, -0.25) is 0 Å². The highest BCUT2D eigenvalue weighted by atomic mass is 16.5. The van der Waals surface area contributed by atoms with Gasteiger partial charge in [-0.15, -0.1) is 0 Å². The van der Waals surface area contributed by atoms with Crippen LogP contribution >= 0.6 is 0 Å². The Kier molecular flexibility index (Phi) is 5.87. The van der Waals surface area contributed by atoms with E-state index in [1.54, 1.807) is 7.11 Å². The van der Waals surface area contributed by atoms with Crippen molar-refractivity contribution in [3.63, 3.8) is 0 Å². The van der Waals surface area contributed by atoms with Crippen LogP contribution in [0.25, 0.3) is 0 Å². The van der Waals surface area contributed by atoms with Crippen molar-refractivity contribution >= 4 is 6.03 Å². The molecule has 0 aromatic heterocycles. The number of amides is 2. The zero-order valence-corrected chi connectivity index (χ0v) is 12.5. The summed E-state index contributed by atoms with van der Waals surface area (Å²) in [4.78, 5) is 11.8. The van der Waals surface area contributed by atoms with Gasteiger partial charge in [-0.2, -0.15) is 0 Å². The molecule has 1 fully saturated rings. The van der Waals surface area contributed by atoms with Crippen LogP contribution in [0.5, 0.6) is 5.75 Å². The van der Waals surface area contributed by atoms with E-state index in [2.05, 4.69) is 10.6 Å². The van der Waals surface area contributed by atoms with Crippen molar-refractivity contribution in [1.82, 2.24) is 10.6 Å². The Labute approximate surface area is 125 Å². The van der Waals surface area contributed by atoms with Gasteiger partial charge in [0.25, 0.3) is 0 Å². The zero-order valence-electron chi connectivity index (χ0n) is 12.5. The monoisotopic (exact) mass is 292 g/mol. The van der Waals surface area contributed by atoms with Gasteiger partial charge in [0, 0.05) is 6.54 Å². The number of methoxy groups -OCH3 is 1. The number of urea groups is 1. The number of hydrogen-bond donors (Lipinski definition) is 3. The van der Waals surface area contributed by atoms with Crippen LogP contribution in [0.1, 0.15) is 31.2 Å². The summed E-state index contributed by atoms with van der Waals surface area (Å²) < 4.78 is 5.17. The van der Waals surface area contributed by atoms with Crippen LogP contribution in [0.2, 0.25) is 0 Å². The standard InChI is InChI=1S/C16H24N2O3/c1-21-13-6-4-5-12(11-13)9-10-17-16(20)18-14-7-2-3-8-15(14)19/h4-6,11,14-15,19H,2-3,7-10H2,1H3,(H2,17,18,20). The average Bonchev–Trinajstić information content (AvgIpc) is 2.50. The molecular weight excluding hydrogens is 268 g/mol. The Hall–Kier alpha value is -1.75. The quantitative estimate of drug-likeness (QED) is 0.775. The van der Waals surface area contributed by atoms with Gasteiger partial charge in [-0.05, 0) is 37.0 Å². The highest BCUT2D eigenvalue weighted by Gasteiger charge is 2.24. The minimum Gasteiger partial charge on any atom is -0.497 e. The third kappa shape index (κ3) is 4.93. The number of aliphatic hydroxyl groups is 1. The lowest BCUT2D eigenvalue weighted by atomic mass is 9.93. The van der Waals surface area contributed by atoms with E-state index in [-0.39, 0.29) is 12.1 Å². The molecule has 2 unspecified atom stereocenters. The normalized spacial score (nSPS) is 21.6. The number of carbonyl (C=O) groups excluding carboxylic acids is 1. The molecule has 21 heavy (non-hydrogen) atoms. The van der Waals surface area contributed by atoms with Crippen molar-refractivity contribution in [2.24, 2.45) is 0 Å². The average molecular weight is 292 g/mol. The lowest BCUT2D eigenvalue weighted by Crippen LogP contribution is -2.49. The maximum absolute atomic E-state index is 11.8. The number of carbonyl (C=O) groups is 1. The molecule has 0 saturated heterocycles. The number of ether oxygens (including phenoxy) is 1. The van der Waals surface area contributed by atoms with Crippen LogP contribution in [0.15, 0.2) is 24.3 Å². The summed E-state index contributed by atoms with van der Waals surface area (Å²) in [7, 11) is 1.64. The van der Waals surface area contributed by atoms with Gasteiger partial charge in [-0.1, -0.05) is 25.0 Å². The molecule has 0 radical (unpaired) electrons. The molecule has 0 aliphatic heterocycles. The topological polar surface area (TPSA) is 70.6 Å². The molecule has 0 spiro atoms. The number of rotatable bonds is 5. The molecule has 5 nitrogen and oxygen atoms in total. The molecule has 2 atom stereocenters. The predicted octanol–water partition coefficient (Wildman–Crippen LogP) is 1.84. The molecule has 116 valence electrons. The second kappa shape index (κ2) is 7.88. The first-order valence-electron chi connectivity index (χ1n) is 7.54. The Morgan fingerprint density at radius 2 is 2.19 bits per heavy atom. The molecule has 2 rings (SSSR count). The summed E-state index contributed by atoms with van der Waals surface area (Å²) in [6, 6.07) is 7.48. The van der Waals surface area contributed by atoms with Crippen molar-refractivity contribution in [3.8, 4) is 5.75 Å². The molecule has 1 aromatic carbocycles. The predicted molar refractivity (Wildman–Crippen MR) is 81.5 cm³/mol. The van der Waals surface area contributed by atoms with Gasteiger partial charge in [0.1, 0.15) is 5.75 Å². The first kappa shape index (κ1) is 15.6. The van der Waals surface area contributed by atoms with Crippen LogP contribution in [-0.2, 0) is 6.42 Å². The Bertz CT molecular complexity index is 465. The Morgan fingerprint density at radius 3 is 2.95 bits per heavy atom. The zero-order chi connectivity index (χ0) is 15.1. The van der Waals surface area contributed by atoms with Crippen LogP contribution in [0.3, 0.4) is 0 Å². The van der Waals surface area contributed by atoms with Gasteiger partial charge >= 0.3 is 6.03 Å². The molecule has 1 aromatic rings. The Morgan fingerprint density at radius 1 is 1.38 bits per heavy atom. The van der Waals surface area contributed by atoms with Gasteiger partial charge in [0.15, 0.2) is 0 Å².